The number of tetrazole rings is 1. The van der Waals surface area contributed by atoms with Gasteiger partial charge in [-0.3, -0.25) is 4.79 Å². The van der Waals surface area contributed by atoms with Crippen LogP contribution in [0.4, 0.5) is 0 Å². The van der Waals surface area contributed by atoms with Crippen molar-refractivity contribution in [2.75, 3.05) is 20.8 Å². The number of nitrogens with zero attached hydrogens (tertiary/aromatic N) is 4. The second-order valence-corrected chi connectivity index (χ2v) is 6.86. The normalized spacial score (nSPS) is 11.8. The predicted octanol–water partition coefficient (Wildman–Crippen LogP) is -0.308. The first kappa shape index (κ1) is 23.6. The minimum absolute atomic E-state index is 0.0304. The van der Waals surface area contributed by atoms with Crippen LogP contribution in [0.5, 0.6) is 11.5 Å². The summed E-state index contributed by atoms with van der Waals surface area (Å²) in [6.45, 7) is 0.415. The Labute approximate surface area is 175 Å². The van der Waals surface area contributed by atoms with Crippen molar-refractivity contribution in [3.05, 3.63) is 29.6 Å². The number of amides is 1. The molecule has 0 aliphatic rings. The molecular weight excluding hydrogens is 391 g/mol. The van der Waals surface area contributed by atoms with Crippen molar-refractivity contribution in [1.29, 1.82) is 0 Å². The van der Waals surface area contributed by atoms with Crippen LogP contribution < -0.4 is 20.5 Å². The van der Waals surface area contributed by atoms with Gasteiger partial charge in [0.2, 0.25) is 5.91 Å². The highest BCUT2D eigenvalue weighted by Crippen LogP contribution is 2.27. The number of methoxy groups -OCH3 is 2. The number of benzene rings is 1. The van der Waals surface area contributed by atoms with Gasteiger partial charge in [-0.2, -0.15) is 0 Å². The lowest BCUT2D eigenvalue weighted by molar-refractivity contribution is -0.121. The molecule has 30 heavy (non-hydrogen) atoms. The summed E-state index contributed by atoms with van der Waals surface area (Å²) in [6.07, 6.45) is 2.83. The molecule has 1 aromatic heterocycles. The third kappa shape index (κ3) is 7.28. The van der Waals surface area contributed by atoms with Gasteiger partial charge in [-0.15, -0.1) is 5.10 Å². The first-order chi connectivity index (χ1) is 14.4. The Hall–Kier alpha value is -2.70. The molecular formula is C18H29BN6O5. The monoisotopic (exact) mass is 420 g/mol. The Morgan fingerprint density at radius 2 is 2.03 bits per heavy atom. The van der Waals surface area contributed by atoms with Gasteiger partial charge in [0.1, 0.15) is 6.54 Å². The van der Waals surface area contributed by atoms with E-state index in [9.17, 15) is 4.79 Å². The van der Waals surface area contributed by atoms with E-state index in [1.165, 1.54) is 4.68 Å². The van der Waals surface area contributed by atoms with Crippen LogP contribution in [0, 0.1) is 0 Å². The highest BCUT2D eigenvalue weighted by atomic mass is 16.5. The number of carbonyl (C=O) groups excluding carboxylic acids is 1. The molecule has 1 amide bonds. The van der Waals surface area contributed by atoms with Crippen molar-refractivity contribution in [3.8, 4) is 11.5 Å². The number of nitrogens with one attached hydrogen (secondary N) is 1. The quantitative estimate of drug-likeness (QED) is 0.252. The molecule has 11 nitrogen and oxygen atoms in total. The number of unbranched alkanes of at least 4 members (excludes halogenated alkanes) is 1. The Morgan fingerprint density at radius 3 is 2.73 bits per heavy atom. The molecule has 0 bridgehead atoms. The summed E-state index contributed by atoms with van der Waals surface area (Å²) in [5.41, 5.74) is 7.12. The summed E-state index contributed by atoms with van der Waals surface area (Å²) < 4.78 is 11.9. The highest BCUT2D eigenvalue weighted by Gasteiger charge is 2.17. The zero-order valence-electron chi connectivity index (χ0n) is 17.3. The van der Waals surface area contributed by atoms with E-state index in [1.54, 1.807) is 14.2 Å². The second kappa shape index (κ2) is 12.1. The van der Waals surface area contributed by atoms with E-state index >= 15 is 0 Å². The summed E-state index contributed by atoms with van der Waals surface area (Å²) in [4.78, 5) is 12.3. The van der Waals surface area contributed by atoms with Gasteiger partial charge in [0.15, 0.2) is 17.3 Å². The van der Waals surface area contributed by atoms with Crippen molar-refractivity contribution in [3.63, 3.8) is 0 Å². The smallest absolute Gasteiger partial charge is 0.451 e. The molecule has 5 N–H and O–H groups in total. The number of rotatable bonds is 13. The molecule has 2 aromatic rings. The van der Waals surface area contributed by atoms with Crippen molar-refractivity contribution in [2.24, 2.45) is 5.73 Å². The minimum atomic E-state index is -1.31. The molecule has 1 atom stereocenters. The zero-order chi connectivity index (χ0) is 21.9. The molecule has 0 aliphatic heterocycles. The molecule has 2 rings (SSSR count). The van der Waals surface area contributed by atoms with Crippen molar-refractivity contribution >= 4 is 13.0 Å². The number of hydrogen-bond donors (Lipinski definition) is 4. The summed E-state index contributed by atoms with van der Waals surface area (Å²) in [5.74, 6) is 1.50. The van der Waals surface area contributed by atoms with Gasteiger partial charge in [0.05, 0.1) is 20.3 Å². The van der Waals surface area contributed by atoms with E-state index in [4.69, 9.17) is 25.3 Å². The lowest BCUT2D eigenvalue weighted by atomic mass is 9.83. The molecule has 1 aromatic carbocycles. The Morgan fingerprint density at radius 1 is 1.27 bits per heavy atom. The molecule has 0 saturated carbocycles. The maximum atomic E-state index is 12.3. The molecule has 1 heterocycles. The maximum absolute atomic E-state index is 12.3. The number of hydrogen-bond acceptors (Lipinski definition) is 9. The highest BCUT2D eigenvalue weighted by molar-refractivity contribution is 6.40. The fraction of sp³-hybridized carbons (Fsp3) is 0.556. The van der Waals surface area contributed by atoms with Crippen LogP contribution in [-0.4, -0.2) is 64.0 Å². The van der Waals surface area contributed by atoms with Crippen LogP contribution >= 0.6 is 0 Å². The SMILES string of the molecule is COc1ccc(CCNC(=O)Cn2nnnc2C(N)CCCCB(O)O)cc1OC. The first-order valence-corrected chi connectivity index (χ1v) is 9.80. The number of ether oxygens (including phenoxy) is 2. The fourth-order valence-electron chi connectivity index (χ4n) is 2.98. The number of aromatic nitrogens is 4. The summed E-state index contributed by atoms with van der Waals surface area (Å²) in [5, 5.41) is 32.0. The van der Waals surface area contributed by atoms with Gasteiger partial charge < -0.3 is 30.6 Å². The van der Waals surface area contributed by atoms with Crippen LogP contribution in [0.25, 0.3) is 0 Å². The Balaban J connectivity index is 1.80. The molecule has 0 radical (unpaired) electrons. The summed E-state index contributed by atoms with van der Waals surface area (Å²) in [6, 6.07) is 5.18. The average Bonchev–Trinajstić information content (AvgIpc) is 3.18. The number of carbonyl (C=O) groups is 1. The molecule has 1 unspecified atom stereocenters. The predicted molar refractivity (Wildman–Crippen MR) is 110 cm³/mol. The van der Waals surface area contributed by atoms with Crippen LogP contribution in [0.15, 0.2) is 18.2 Å². The molecule has 0 fully saturated rings. The first-order valence-electron chi connectivity index (χ1n) is 9.80. The third-order valence-corrected chi connectivity index (χ3v) is 4.60. The van der Waals surface area contributed by atoms with Crippen LogP contribution in [0.2, 0.25) is 6.32 Å². The molecule has 0 saturated heterocycles. The minimum Gasteiger partial charge on any atom is -0.493 e. The van der Waals surface area contributed by atoms with Crippen molar-refractivity contribution in [1.82, 2.24) is 25.5 Å². The molecule has 164 valence electrons. The Kier molecular flexibility index (Phi) is 9.51. The van der Waals surface area contributed by atoms with Crippen LogP contribution in [-0.2, 0) is 17.8 Å². The number of nitrogens with two attached hydrogens (primary N) is 1. The van der Waals surface area contributed by atoms with E-state index in [1.807, 2.05) is 18.2 Å². The second-order valence-electron chi connectivity index (χ2n) is 6.86. The Bertz CT molecular complexity index is 803. The zero-order valence-corrected chi connectivity index (χ0v) is 17.3. The standard InChI is InChI=1S/C18H29BN6O5/c1-29-15-7-6-13(11-16(15)30-2)8-10-21-17(26)12-25-18(22-23-24-25)14(20)5-3-4-9-19(27)28/h6-7,11,14,27-28H,3-5,8-10,12,20H2,1-2H3,(H,21,26). The maximum Gasteiger partial charge on any atom is 0.451 e. The van der Waals surface area contributed by atoms with Gasteiger partial charge in [-0.1, -0.05) is 18.9 Å². The molecule has 0 spiro atoms. The van der Waals surface area contributed by atoms with Gasteiger partial charge in [0.25, 0.3) is 0 Å². The fourth-order valence-corrected chi connectivity index (χ4v) is 2.98. The largest absolute Gasteiger partial charge is 0.493 e. The van der Waals surface area contributed by atoms with Gasteiger partial charge >= 0.3 is 7.12 Å². The van der Waals surface area contributed by atoms with Gasteiger partial charge in [-0.25, -0.2) is 4.68 Å². The summed E-state index contributed by atoms with van der Waals surface area (Å²) >= 11 is 0. The van der Waals surface area contributed by atoms with E-state index in [0.29, 0.717) is 55.9 Å². The van der Waals surface area contributed by atoms with Crippen molar-refractivity contribution in [2.45, 2.75) is 44.6 Å². The lowest BCUT2D eigenvalue weighted by Gasteiger charge is -2.12. The van der Waals surface area contributed by atoms with Gasteiger partial charge in [0, 0.05) is 6.54 Å². The molecule has 12 heteroatoms. The average molecular weight is 420 g/mol. The summed E-state index contributed by atoms with van der Waals surface area (Å²) in [7, 11) is 1.85. The van der Waals surface area contributed by atoms with E-state index < -0.39 is 13.2 Å². The van der Waals surface area contributed by atoms with E-state index in [0.717, 1.165) is 5.56 Å². The lowest BCUT2D eigenvalue weighted by Crippen LogP contribution is -2.31. The molecule has 0 aliphatic carbocycles. The van der Waals surface area contributed by atoms with Crippen molar-refractivity contribution < 1.29 is 24.3 Å². The van der Waals surface area contributed by atoms with Crippen LogP contribution in [0.3, 0.4) is 0 Å². The topological polar surface area (TPSA) is 158 Å². The third-order valence-electron chi connectivity index (χ3n) is 4.60. The van der Waals surface area contributed by atoms with Crippen LogP contribution in [0.1, 0.15) is 36.7 Å². The van der Waals surface area contributed by atoms with E-state index in [-0.39, 0.29) is 12.5 Å². The van der Waals surface area contributed by atoms with Gasteiger partial charge in [-0.05, 0) is 47.3 Å². The van der Waals surface area contributed by atoms with E-state index in [2.05, 4.69) is 20.8 Å².